The Hall–Kier alpha value is -2.28. The minimum atomic E-state index is -0.808. The molecule has 0 N–H and O–H groups in total. The Labute approximate surface area is 191 Å². The van der Waals surface area contributed by atoms with Gasteiger partial charge in [-0.2, -0.15) is 0 Å². The van der Waals surface area contributed by atoms with Crippen LogP contribution >= 0.6 is 0 Å². The number of carbonyl (C=O) groups is 2. The van der Waals surface area contributed by atoms with Gasteiger partial charge in [-0.25, -0.2) is 0 Å². The number of fused-ring (bicyclic) bond motifs is 5. The maximum atomic E-state index is 12.9. The molecule has 4 aliphatic carbocycles. The van der Waals surface area contributed by atoms with Gasteiger partial charge in [0.15, 0.2) is 11.4 Å². The van der Waals surface area contributed by atoms with Crippen LogP contribution in [-0.2, 0) is 20.7 Å². The van der Waals surface area contributed by atoms with Crippen LogP contribution in [0.2, 0.25) is 0 Å². The molecule has 1 heterocycles. The third-order valence-electron chi connectivity index (χ3n) is 9.31. The van der Waals surface area contributed by atoms with Crippen molar-refractivity contribution >= 4 is 11.8 Å². The number of hydrogen-bond donors (Lipinski definition) is 0. The highest BCUT2D eigenvalue weighted by atomic mass is 16.6. The number of aryl methyl sites for hydroxylation is 2. The van der Waals surface area contributed by atoms with E-state index in [0.29, 0.717) is 42.3 Å². The topological polar surface area (TPSA) is 56.5 Å². The molecule has 3 saturated carbocycles. The Morgan fingerprint density at radius 3 is 2.78 bits per heavy atom. The predicted molar refractivity (Wildman–Crippen MR) is 122 cm³/mol. The fourth-order valence-electron chi connectivity index (χ4n) is 7.70. The molecule has 4 heteroatoms. The van der Waals surface area contributed by atoms with E-state index >= 15 is 0 Å². The summed E-state index contributed by atoms with van der Waals surface area (Å²) in [5.41, 5.74) is 0.412. The molecule has 1 aromatic rings. The van der Waals surface area contributed by atoms with E-state index in [4.69, 9.17) is 15.6 Å². The molecule has 0 spiro atoms. The number of esters is 1. The molecule has 0 unspecified atom stereocenters. The van der Waals surface area contributed by atoms with Gasteiger partial charge in [0.1, 0.15) is 11.5 Å². The molecule has 3 fully saturated rings. The lowest BCUT2D eigenvalue weighted by atomic mass is 9.50. The van der Waals surface area contributed by atoms with Gasteiger partial charge in [0, 0.05) is 18.3 Å². The number of terminal acetylenes is 1. The van der Waals surface area contributed by atoms with Crippen molar-refractivity contribution in [3.8, 4) is 12.3 Å². The largest absolute Gasteiger partial charge is 0.466 e. The van der Waals surface area contributed by atoms with Crippen molar-refractivity contribution in [3.63, 3.8) is 0 Å². The summed E-state index contributed by atoms with van der Waals surface area (Å²) in [6.45, 7) is 4.18. The Balaban J connectivity index is 1.31. The van der Waals surface area contributed by atoms with Crippen molar-refractivity contribution in [2.45, 2.75) is 83.7 Å². The SMILES string of the molecule is C#C[C@]1(OC(=O)CCc2ccc(C)o2)CC[C@@H]2[C@@H]3CCC4=CC(=O)CC[C@@H]4[C@H]3CC[C@]21C. The summed E-state index contributed by atoms with van der Waals surface area (Å²) in [6.07, 6.45) is 16.6. The number of allylic oxidation sites excluding steroid dienone is 1. The van der Waals surface area contributed by atoms with Crippen molar-refractivity contribution in [2.24, 2.45) is 29.1 Å². The predicted octanol–water partition coefficient (Wildman–Crippen LogP) is 5.58. The Morgan fingerprint density at radius 1 is 1.19 bits per heavy atom. The molecule has 4 nitrogen and oxygen atoms in total. The highest BCUT2D eigenvalue weighted by molar-refractivity contribution is 5.91. The zero-order valence-electron chi connectivity index (χ0n) is 19.3. The van der Waals surface area contributed by atoms with Crippen molar-refractivity contribution in [1.82, 2.24) is 0 Å². The summed E-state index contributed by atoms with van der Waals surface area (Å²) in [7, 11) is 0. The summed E-state index contributed by atoms with van der Waals surface area (Å²) >= 11 is 0. The van der Waals surface area contributed by atoms with Gasteiger partial charge in [-0.15, -0.1) is 6.42 Å². The van der Waals surface area contributed by atoms with Gasteiger partial charge in [0.25, 0.3) is 0 Å². The molecule has 32 heavy (non-hydrogen) atoms. The van der Waals surface area contributed by atoms with Crippen LogP contribution in [0.1, 0.15) is 76.2 Å². The molecule has 4 aliphatic rings. The molecule has 0 aliphatic heterocycles. The Morgan fingerprint density at radius 2 is 2.03 bits per heavy atom. The van der Waals surface area contributed by atoms with Crippen LogP contribution in [0.3, 0.4) is 0 Å². The van der Waals surface area contributed by atoms with E-state index in [1.807, 2.05) is 25.1 Å². The summed E-state index contributed by atoms with van der Waals surface area (Å²) in [6, 6.07) is 3.83. The van der Waals surface area contributed by atoms with E-state index in [9.17, 15) is 9.59 Å². The van der Waals surface area contributed by atoms with Crippen LogP contribution in [0.25, 0.3) is 0 Å². The standard InChI is InChI=1S/C28H34O4/c1-4-28(32-26(30)12-9-21-8-5-18(2)31-21)16-14-25-24-10-6-19-17-20(29)7-11-22(19)23(24)13-15-27(25,28)3/h1,5,8,17,22-25H,6-7,9-16H2,2-3H3/t22-,23+,24+,25+,27+,28-/m0/s1. The summed E-state index contributed by atoms with van der Waals surface area (Å²) in [4.78, 5) is 24.8. The number of ketones is 1. The van der Waals surface area contributed by atoms with Gasteiger partial charge in [0.05, 0.1) is 6.42 Å². The molecule has 1 aromatic heterocycles. The van der Waals surface area contributed by atoms with Crippen molar-refractivity contribution in [1.29, 1.82) is 0 Å². The molecule has 0 radical (unpaired) electrons. The van der Waals surface area contributed by atoms with E-state index in [-0.39, 0.29) is 17.8 Å². The van der Waals surface area contributed by atoms with Gasteiger partial charge in [-0.3, -0.25) is 9.59 Å². The first-order valence-corrected chi connectivity index (χ1v) is 12.3. The zero-order chi connectivity index (χ0) is 22.5. The quantitative estimate of drug-likeness (QED) is 0.459. The van der Waals surface area contributed by atoms with Gasteiger partial charge in [-0.05, 0) is 93.7 Å². The zero-order valence-corrected chi connectivity index (χ0v) is 19.3. The maximum absolute atomic E-state index is 12.9. The van der Waals surface area contributed by atoms with Gasteiger partial charge in [0.2, 0.25) is 0 Å². The van der Waals surface area contributed by atoms with Gasteiger partial charge in [-0.1, -0.05) is 18.4 Å². The molecule has 5 rings (SSSR count). The summed E-state index contributed by atoms with van der Waals surface area (Å²) in [5.74, 6) is 7.04. The van der Waals surface area contributed by atoms with Crippen LogP contribution in [-0.4, -0.2) is 17.4 Å². The fourth-order valence-corrected chi connectivity index (χ4v) is 7.70. The summed E-state index contributed by atoms with van der Waals surface area (Å²) < 4.78 is 11.8. The third-order valence-corrected chi connectivity index (χ3v) is 9.31. The van der Waals surface area contributed by atoms with E-state index in [0.717, 1.165) is 56.5 Å². The smallest absolute Gasteiger partial charge is 0.307 e. The molecule has 0 saturated heterocycles. The number of furan rings is 1. The molecule has 6 atom stereocenters. The lowest BCUT2D eigenvalue weighted by molar-refractivity contribution is -0.170. The average molecular weight is 435 g/mol. The first-order valence-electron chi connectivity index (χ1n) is 12.3. The molecular formula is C28H34O4. The number of rotatable bonds is 4. The average Bonchev–Trinajstić information content (AvgIpc) is 3.32. The van der Waals surface area contributed by atoms with Crippen LogP contribution in [0.4, 0.5) is 0 Å². The number of carbonyl (C=O) groups excluding carboxylic acids is 2. The monoisotopic (exact) mass is 434 g/mol. The first-order chi connectivity index (χ1) is 15.3. The first kappa shape index (κ1) is 21.6. The second-order valence-corrected chi connectivity index (χ2v) is 10.8. The van der Waals surface area contributed by atoms with Crippen molar-refractivity contribution < 1.29 is 18.7 Å². The highest BCUT2D eigenvalue weighted by Crippen LogP contribution is 2.65. The highest BCUT2D eigenvalue weighted by Gasteiger charge is 2.64. The van der Waals surface area contributed by atoms with E-state index < -0.39 is 5.60 Å². The summed E-state index contributed by atoms with van der Waals surface area (Å²) in [5, 5.41) is 0. The Kier molecular flexibility index (Phi) is 5.35. The van der Waals surface area contributed by atoms with E-state index in [1.165, 1.54) is 5.57 Å². The fraction of sp³-hybridized carbons (Fsp3) is 0.643. The third kappa shape index (κ3) is 3.36. The van der Waals surface area contributed by atoms with Crippen LogP contribution in [0, 0.1) is 48.4 Å². The van der Waals surface area contributed by atoms with E-state index in [2.05, 4.69) is 12.8 Å². The number of hydrogen-bond acceptors (Lipinski definition) is 4. The molecule has 0 amide bonds. The van der Waals surface area contributed by atoms with Gasteiger partial charge >= 0.3 is 5.97 Å². The van der Waals surface area contributed by atoms with Crippen molar-refractivity contribution in [2.75, 3.05) is 0 Å². The maximum Gasteiger partial charge on any atom is 0.307 e. The second-order valence-electron chi connectivity index (χ2n) is 10.8. The Bertz CT molecular complexity index is 993. The molecule has 0 bridgehead atoms. The number of ether oxygens (including phenoxy) is 1. The van der Waals surface area contributed by atoms with Gasteiger partial charge < -0.3 is 9.15 Å². The lowest BCUT2D eigenvalue weighted by Gasteiger charge is -2.55. The molecule has 170 valence electrons. The normalized spacial score (nSPS) is 38.2. The lowest BCUT2D eigenvalue weighted by Crippen LogP contribution is -2.53. The second kappa shape index (κ2) is 7.94. The van der Waals surface area contributed by atoms with Crippen LogP contribution in [0.5, 0.6) is 0 Å². The minimum Gasteiger partial charge on any atom is -0.466 e. The van der Waals surface area contributed by atoms with Crippen LogP contribution < -0.4 is 0 Å². The molecule has 0 aromatic carbocycles. The van der Waals surface area contributed by atoms with Crippen LogP contribution in [0.15, 0.2) is 28.2 Å². The van der Waals surface area contributed by atoms with E-state index in [1.54, 1.807) is 0 Å². The minimum absolute atomic E-state index is 0.175. The van der Waals surface area contributed by atoms with Crippen molar-refractivity contribution in [3.05, 3.63) is 35.3 Å². The molecular weight excluding hydrogens is 400 g/mol.